The van der Waals surface area contributed by atoms with Crippen LogP contribution in [0.5, 0.6) is 0 Å². The summed E-state index contributed by atoms with van der Waals surface area (Å²) < 4.78 is 0.984. The van der Waals surface area contributed by atoms with Gasteiger partial charge in [0, 0.05) is 39.5 Å². The molecule has 3 rings (SSSR count). The van der Waals surface area contributed by atoms with E-state index in [1.54, 1.807) is 12.4 Å². The molecule has 0 unspecified atom stereocenters. The SMILES string of the molecule is Cc1cc(Br)cnc1Nc1cccc2cnccc12. The summed E-state index contributed by atoms with van der Waals surface area (Å²) in [6, 6.07) is 10.2. The van der Waals surface area contributed by atoms with Crippen LogP contribution in [0.4, 0.5) is 11.5 Å². The van der Waals surface area contributed by atoms with E-state index < -0.39 is 0 Å². The van der Waals surface area contributed by atoms with Crippen molar-refractivity contribution in [2.75, 3.05) is 5.32 Å². The quantitative estimate of drug-likeness (QED) is 0.759. The summed E-state index contributed by atoms with van der Waals surface area (Å²) in [5.74, 6) is 0.868. The van der Waals surface area contributed by atoms with Gasteiger partial charge in [-0.2, -0.15) is 0 Å². The molecule has 0 spiro atoms. The Balaban J connectivity index is 2.06. The fourth-order valence-electron chi connectivity index (χ4n) is 2.03. The zero-order valence-corrected chi connectivity index (χ0v) is 12.0. The first-order valence-electron chi connectivity index (χ1n) is 5.96. The second-order valence-electron chi connectivity index (χ2n) is 4.35. The normalized spacial score (nSPS) is 10.6. The van der Waals surface area contributed by atoms with Crippen LogP contribution in [-0.4, -0.2) is 9.97 Å². The molecule has 19 heavy (non-hydrogen) atoms. The third-order valence-corrected chi connectivity index (χ3v) is 3.41. The molecule has 3 nitrogen and oxygen atoms in total. The van der Waals surface area contributed by atoms with Crippen LogP contribution in [0.1, 0.15) is 5.56 Å². The van der Waals surface area contributed by atoms with Crippen LogP contribution in [0.15, 0.2) is 53.4 Å². The number of hydrogen-bond acceptors (Lipinski definition) is 3. The molecule has 0 saturated carbocycles. The van der Waals surface area contributed by atoms with E-state index in [9.17, 15) is 0 Å². The molecule has 0 radical (unpaired) electrons. The molecule has 2 aromatic heterocycles. The fourth-order valence-corrected chi connectivity index (χ4v) is 2.48. The average Bonchev–Trinajstić information content (AvgIpc) is 2.42. The highest BCUT2D eigenvalue weighted by molar-refractivity contribution is 9.10. The van der Waals surface area contributed by atoms with Crippen molar-refractivity contribution in [2.24, 2.45) is 0 Å². The predicted molar refractivity (Wildman–Crippen MR) is 81.7 cm³/mol. The minimum atomic E-state index is 0.868. The lowest BCUT2D eigenvalue weighted by atomic mass is 10.1. The standard InChI is InChI=1S/C15H12BrN3/c1-10-7-12(16)9-18-15(10)19-14-4-2-3-11-8-17-6-5-13(11)14/h2-9H,1H3,(H,18,19). The highest BCUT2D eigenvalue weighted by Gasteiger charge is 2.04. The van der Waals surface area contributed by atoms with Crippen LogP contribution < -0.4 is 5.32 Å². The van der Waals surface area contributed by atoms with Crippen molar-refractivity contribution in [1.82, 2.24) is 9.97 Å². The maximum absolute atomic E-state index is 4.41. The number of halogens is 1. The Morgan fingerprint density at radius 2 is 2.05 bits per heavy atom. The lowest BCUT2D eigenvalue weighted by Crippen LogP contribution is -1.97. The van der Waals surface area contributed by atoms with Crippen molar-refractivity contribution in [3.05, 3.63) is 59.0 Å². The molecule has 1 aromatic carbocycles. The first kappa shape index (κ1) is 12.1. The van der Waals surface area contributed by atoms with E-state index in [0.717, 1.165) is 32.3 Å². The van der Waals surface area contributed by atoms with Crippen molar-refractivity contribution in [3.63, 3.8) is 0 Å². The molecule has 0 aliphatic heterocycles. The molecule has 1 N–H and O–H groups in total. The third kappa shape index (κ3) is 2.44. The second kappa shape index (κ2) is 4.97. The van der Waals surface area contributed by atoms with Gasteiger partial charge in [-0.1, -0.05) is 12.1 Å². The number of nitrogens with zero attached hydrogens (tertiary/aromatic N) is 2. The minimum absolute atomic E-state index is 0.868. The van der Waals surface area contributed by atoms with Gasteiger partial charge in [-0.15, -0.1) is 0 Å². The smallest absolute Gasteiger partial charge is 0.133 e. The van der Waals surface area contributed by atoms with Gasteiger partial charge in [-0.25, -0.2) is 4.98 Å². The zero-order valence-electron chi connectivity index (χ0n) is 10.4. The van der Waals surface area contributed by atoms with Crippen LogP contribution in [0.2, 0.25) is 0 Å². The van der Waals surface area contributed by atoms with Gasteiger partial charge in [0.2, 0.25) is 0 Å². The number of rotatable bonds is 2. The highest BCUT2D eigenvalue weighted by atomic mass is 79.9. The van der Waals surface area contributed by atoms with Crippen molar-refractivity contribution < 1.29 is 0 Å². The van der Waals surface area contributed by atoms with Gasteiger partial charge in [0.1, 0.15) is 5.82 Å². The Morgan fingerprint density at radius 3 is 2.89 bits per heavy atom. The second-order valence-corrected chi connectivity index (χ2v) is 5.26. The summed E-state index contributed by atoms with van der Waals surface area (Å²) in [6.45, 7) is 2.03. The average molecular weight is 314 g/mol. The Bertz CT molecular complexity index is 735. The third-order valence-electron chi connectivity index (χ3n) is 2.98. The summed E-state index contributed by atoms with van der Waals surface area (Å²) >= 11 is 3.42. The van der Waals surface area contributed by atoms with E-state index in [2.05, 4.69) is 37.3 Å². The Hall–Kier alpha value is -1.94. The van der Waals surface area contributed by atoms with Gasteiger partial charge >= 0.3 is 0 Å². The molecule has 4 heteroatoms. The van der Waals surface area contributed by atoms with E-state index in [4.69, 9.17) is 0 Å². The molecule has 94 valence electrons. The maximum atomic E-state index is 4.41. The molecular weight excluding hydrogens is 302 g/mol. The Labute approximate surface area is 119 Å². The number of fused-ring (bicyclic) bond motifs is 1. The van der Waals surface area contributed by atoms with Crippen LogP contribution in [0.25, 0.3) is 10.8 Å². The summed E-state index contributed by atoms with van der Waals surface area (Å²) in [4.78, 5) is 8.55. The molecule has 3 aromatic rings. The van der Waals surface area contributed by atoms with Crippen molar-refractivity contribution >= 4 is 38.2 Å². The molecule has 0 bridgehead atoms. The zero-order chi connectivity index (χ0) is 13.2. The molecule has 0 amide bonds. The van der Waals surface area contributed by atoms with Crippen molar-refractivity contribution in [3.8, 4) is 0 Å². The summed E-state index contributed by atoms with van der Waals surface area (Å²) in [5.41, 5.74) is 2.14. The predicted octanol–water partition coefficient (Wildman–Crippen LogP) is 4.44. The minimum Gasteiger partial charge on any atom is -0.340 e. The topological polar surface area (TPSA) is 37.8 Å². The largest absolute Gasteiger partial charge is 0.340 e. The van der Waals surface area contributed by atoms with Crippen molar-refractivity contribution in [2.45, 2.75) is 6.92 Å². The molecule has 0 aliphatic carbocycles. The Kier molecular flexibility index (Phi) is 3.17. The number of aryl methyl sites for hydroxylation is 1. The fraction of sp³-hybridized carbons (Fsp3) is 0.0667. The number of pyridine rings is 2. The van der Waals surface area contributed by atoms with Gasteiger partial charge < -0.3 is 5.32 Å². The van der Waals surface area contributed by atoms with E-state index in [1.165, 1.54) is 0 Å². The first-order valence-corrected chi connectivity index (χ1v) is 6.75. The van der Waals surface area contributed by atoms with E-state index in [-0.39, 0.29) is 0 Å². The van der Waals surface area contributed by atoms with Gasteiger partial charge in [0.25, 0.3) is 0 Å². The van der Waals surface area contributed by atoms with Gasteiger partial charge in [-0.3, -0.25) is 4.98 Å². The molecule has 2 heterocycles. The molecule has 0 aliphatic rings. The first-order chi connectivity index (χ1) is 9.24. The summed E-state index contributed by atoms with van der Waals surface area (Å²) in [6.07, 6.45) is 5.46. The lowest BCUT2D eigenvalue weighted by molar-refractivity contribution is 1.24. The maximum Gasteiger partial charge on any atom is 0.133 e. The Morgan fingerprint density at radius 1 is 1.16 bits per heavy atom. The van der Waals surface area contributed by atoms with Crippen LogP contribution in [0.3, 0.4) is 0 Å². The van der Waals surface area contributed by atoms with Gasteiger partial charge in [0.05, 0.1) is 0 Å². The number of nitrogens with one attached hydrogen (secondary N) is 1. The van der Waals surface area contributed by atoms with Gasteiger partial charge in [0.15, 0.2) is 0 Å². The number of benzene rings is 1. The highest BCUT2D eigenvalue weighted by Crippen LogP contribution is 2.27. The van der Waals surface area contributed by atoms with Gasteiger partial charge in [-0.05, 0) is 46.6 Å². The number of anilines is 2. The summed E-state index contributed by atoms with van der Waals surface area (Å²) in [7, 11) is 0. The molecular formula is C15H12BrN3. The van der Waals surface area contributed by atoms with Crippen molar-refractivity contribution in [1.29, 1.82) is 0 Å². The van der Waals surface area contributed by atoms with Crippen LogP contribution >= 0.6 is 15.9 Å². The monoisotopic (exact) mass is 313 g/mol. The number of aromatic nitrogens is 2. The van der Waals surface area contributed by atoms with E-state index >= 15 is 0 Å². The van der Waals surface area contributed by atoms with E-state index in [1.807, 2.05) is 37.4 Å². The van der Waals surface area contributed by atoms with E-state index in [0.29, 0.717) is 0 Å². The summed E-state index contributed by atoms with van der Waals surface area (Å²) in [5, 5.41) is 5.64. The van der Waals surface area contributed by atoms with Crippen LogP contribution in [0, 0.1) is 6.92 Å². The lowest BCUT2D eigenvalue weighted by Gasteiger charge is -2.11. The molecule has 0 atom stereocenters. The molecule has 0 saturated heterocycles. The molecule has 0 fully saturated rings. The number of hydrogen-bond donors (Lipinski definition) is 1. The van der Waals surface area contributed by atoms with Crippen LogP contribution in [-0.2, 0) is 0 Å².